The quantitative estimate of drug-likeness (QED) is 0.342. The summed E-state index contributed by atoms with van der Waals surface area (Å²) in [5.74, 6) is -1.91. The molecule has 0 saturated carbocycles. The van der Waals surface area contributed by atoms with Crippen LogP contribution in [0.2, 0.25) is 0 Å². The van der Waals surface area contributed by atoms with Crippen molar-refractivity contribution in [3.8, 4) is 0 Å². The van der Waals surface area contributed by atoms with E-state index in [9.17, 15) is 14.7 Å². The van der Waals surface area contributed by atoms with Crippen molar-refractivity contribution in [3.05, 3.63) is 23.8 Å². The fourth-order valence-corrected chi connectivity index (χ4v) is 1.62. The minimum atomic E-state index is -0.979. The van der Waals surface area contributed by atoms with Gasteiger partial charge >= 0.3 is 11.9 Å². The minimum Gasteiger partial charge on any atom is -0.478 e. The maximum atomic E-state index is 10.5. The summed E-state index contributed by atoms with van der Waals surface area (Å²) in [6, 6.07) is 0. The summed E-state index contributed by atoms with van der Waals surface area (Å²) in [5.41, 5.74) is 0.371. The summed E-state index contributed by atoms with van der Waals surface area (Å²) < 4.78 is 0. The number of carboxylic acid groups (broad SMARTS) is 2. The van der Waals surface area contributed by atoms with E-state index in [1.54, 1.807) is 0 Å². The summed E-state index contributed by atoms with van der Waals surface area (Å²) in [4.78, 5) is 20.1. The van der Waals surface area contributed by atoms with Crippen LogP contribution in [0.3, 0.4) is 0 Å². The van der Waals surface area contributed by atoms with Crippen LogP contribution < -0.4 is 0 Å². The summed E-state index contributed by atoms with van der Waals surface area (Å²) in [6.07, 6.45) is 7.45. The number of aliphatic carboxylic acids is 2. The number of carboxylic acids is 2. The molecule has 0 spiro atoms. The lowest BCUT2D eigenvalue weighted by molar-refractivity contribution is -0.133. The lowest BCUT2D eigenvalue weighted by Crippen LogP contribution is -2.06. The molecule has 0 aliphatic rings. The van der Waals surface area contributed by atoms with Crippen molar-refractivity contribution in [2.45, 2.75) is 64.9 Å². The van der Waals surface area contributed by atoms with Gasteiger partial charge in [0, 0.05) is 17.8 Å². The van der Waals surface area contributed by atoms with Crippen molar-refractivity contribution in [3.63, 3.8) is 0 Å². The fourth-order valence-electron chi connectivity index (χ4n) is 1.62. The van der Waals surface area contributed by atoms with E-state index in [-0.39, 0.29) is 17.8 Å². The van der Waals surface area contributed by atoms with E-state index in [1.807, 2.05) is 0 Å². The van der Waals surface area contributed by atoms with Gasteiger partial charge in [-0.25, -0.2) is 9.59 Å². The fraction of sp³-hybridized carbons (Fsp3) is 0.647. The normalized spacial score (nSPS) is 12.1. The number of hydrogen-bond donors (Lipinski definition) is 4. The van der Waals surface area contributed by atoms with E-state index in [0.717, 1.165) is 38.5 Å². The van der Waals surface area contributed by atoms with Crippen LogP contribution >= 0.6 is 0 Å². The number of aliphatic hydroxyl groups is 2. The lowest BCUT2D eigenvalue weighted by Gasteiger charge is -2.06. The third-order valence-corrected chi connectivity index (χ3v) is 3.05. The van der Waals surface area contributed by atoms with Crippen LogP contribution in [-0.4, -0.2) is 45.1 Å². The van der Waals surface area contributed by atoms with Crippen molar-refractivity contribution in [1.82, 2.24) is 0 Å². The predicted molar refractivity (Wildman–Crippen MR) is 89.3 cm³/mol. The highest BCUT2D eigenvalue weighted by molar-refractivity contribution is 5.85. The van der Waals surface area contributed by atoms with E-state index in [0.29, 0.717) is 6.42 Å². The van der Waals surface area contributed by atoms with E-state index < -0.39 is 18.0 Å². The van der Waals surface area contributed by atoms with Gasteiger partial charge in [0.1, 0.15) is 0 Å². The molecule has 0 rings (SSSR count). The Labute approximate surface area is 138 Å². The van der Waals surface area contributed by atoms with Gasteiger partial charge in [-0.2, -0.15) is 0 Å². The molecule has 0 aliphatic heterocycles. The predicted octanol–water partition coefficient (Wildman–Crippen LogP) is 2.75. The average molecular weight is 330 g/mol. The molecule has 0 aliphatic carbocycles. The monoisotopic (exact) mass is 330 g/mol. The summed E-state index contributed by atoms with van der Waals surface area (Å²) in [5, 5.41) is 34.6. The van der Waals surface area contributed by atoms with Gasteiger partial charge < -0.3 is 20.4 Å². The van der Waals surface area contributed by atoms with Crippen LogP contribution in [0.5, 0.6) is 0 Å². The molecule has 0 bridgehead atoms. The summed E-state index contributed by atoms with van der Waals surface area (Å²) in [6.45, 7) is 6.35. The second-order valence-corrected chi connectivity index (χ2v) is 5.44. The van der Waals surface area contributed by atoms with Gasteiger partial charge in [0.2, 0.25) is 0 Å². The van der Waals surface area contributed by atoms with E-state index >= 15 is 0 Å². The van der Waals surface area contributed by atoms with E-state index in [4.69, 9.17) is 15.3 Å². The molecule has 1 unspecified atom stereocenters. The zero-order valence-electron chi connectivity index (χ0n) is 14.1. The van der Waals surface area contributed by atoms with Crippen LogP contribution in [0.4, 0.5) is 0 Å². The highest BCUT2D eigenvalue weighted by Gasteiger charge is 2.05. The van der Waals surface area contributed by atoms with Gasteiger partial charge in [-0.15, -0.1) is 0 Å². The van der Waals surface area contributed by atoms with Crippen molar-refractivity contribution in [1.29, 1.82) is 0 Å². The first-order valence-corrected chi connectivity index (χ1v) is 7.81. The maximum absolute atomic E-state index is 10.5. The molecule has 4 N–H and O–H groups in total. The highest BCUT2D eigenvalue weighted by Crippen LogP contribution is 2.10. The Kier molecular flexibility index (Phi) is 15.6. The molecule has 0 saturated heterocycles. The topological polar surface area (TPSA) is 115 Å². The zero-order chi connectivity index (χ0) is 18.3. The molecule has 0 aromatic carbocycles. The molecule has 0 amide bonds. The number of hydrogen-bond acceptors (Lipinski definition) is 4. The molecular weight excluding hydrogens is 300 g/mol. The summed E-state index contributed by atoms with van der Waals surface area (Å²) in [7, 11) is 0. The Morgan fingerprint density at radius 1 is 0.957 bits per heavy atom. The van der Waals surface area contributed by atoms with E-state index in [1.165, 1.54) is 19.9 Å². The third kappa shape index (κ3) is 18.3. The molecule has 23 heavy (non-hydrogen) atoms. The molecular formula is C17H30O6. The highest BCUT2D eigenvalue weighted by atomic mass is 16.4. The van der Waals surface area contributed by atoms with Crippen molar-refractivity contribution < 1.29 is 30.0 Å². The largest absolute Gasteiger partial charge is 0.478 e. The first-order valence-electron chi connectivity index (χ1n) is 7.81. The molecule has 1 atom stereocenters. The maximum Gasteiger partial charge on any atom is 0.331 e. The Balaban J connectivity index is 0. The Hall–Kier alpha value is -1.66. The molecule has 0 radical (unpaired) electrons. The zero-order valence-corrected chi connectivity index (χ0v) is 14.1. The number of carbonyl (C=O) groups is 2. The first kappa shape index (κ1) is 23.6. The van der Waals surface area contributed by atoms with Crippen LogP contribution in [0, 0.1) is 0 Å². The second kappa shape index (κ2) is 15.2. The molecule has 134 valence electrons. The van der Waals surface area contributed by atoms with E-state index in [2.05, 4.69) is 6.58 Å². The minimum absolute atomic E-state index is 0.176. The number of unbranched alkanes of at least 4 members (excludes halogenated alkanes) is 5. The molecule has 0 fully saturated rings. The lowest BCUT2D eigenvalue weighted by atomic mass is 10.1. The van der Waals surface area contributed by atoms with Crippen molar-refractivity contribution in [2.24, 2.45) is 0 Å². The Morgan fingerprint density at radius 3 is 1.78 bits per heavy atom. The number of rotatable bonds is 11. The van der Waals surface area contributed by atoms with Crippen LogP contribution in [0.15, 0.2) is 23.8 Å². The Bertz CT molecular complexity index is 375. The molecule has 0 aromatic rings. The molecule has 0 aromatic heterocycles. The Morgan fingerprint density at radius 2 is 1.39 bits per heavy atom. The van der Waals surface area contributed by atoms with Gasteiger partial charge in [-0.05, 0) is 32.8 Å². The van der Waals surface area contributed by atoms with Crippen molar-refractivity contribution >= 4 is 11.9 Å². The second-order valence-electron chi connectivity index (χ2n) is 5.44. The van der Waals surface area contributed by atoms with Crippen molar-refractivity contribution in [2.75, 3.05) is 6.61 Å². The molecule has 6 nitrogen and oxygen atoms in total. The standard InChI is InChI=1S/C13H24O4.C4H6O2/c1-11(13(16)17)10-12(15)8-6-4-2-3-5-7-9-14;1-3(2)4(5)6/h10,12,14-15H,2-9H2,1H3,(H,16,17);1H2,2H3,(H,5,6). The number of aliphatic hydroxyl groups excluding tert-OH is 2. The van der Waals surface area contributed by atoms with Crippen LogP contribution in [0.1, 0.15) is 58.8 Å². The molecule has 6 heteroatoms. The third-order valence-electron chi connectivity index (χ3n) is 3.05. The molecule has 0 heterocycles. The van der Waals surface area contributed by atoms with Crippen LogP contribution in [-0.2, 0) is 9.59 Å². The SMILES string of the molecule is C=C(C)C(=O)O.CC(=CC(O)CCCCCCCCO)C(=O)O. The summed E-state index contributed by atoms with van der Waals surface area (Å²) >= 11 is 0. The average Bonchev–Trinajstić information content (AvgIpc) is 2.46. The van der Waals surface area contributed by atoms with Gasteiger partial charge in [0.15, 0.2) is 0 Å². The van der Waals surface area contributed by atoms with Gasteiger partial charge in [0.25, 0.3) is 0 Å². The smallest absolute Gasteiger partial charge is 0.331 e. The first-order chi connectivity index (χ1) is 10.7. The van der Waals surface area contributed by atoms with Gasteiger partial charge in [-0.1, -0.05) is 38.7 Å². The van der Waals surface area contributed by atoms with Gasteiger partial charge in [-0.3, -0.25) is 0 Å². The van der Waals surface area contributed by atoms with Gasteiger partial charge in [0.05, 0.1) is 6.10 Å². The van der Waals surface area contributed by atoms with Crippen LogP contribution in [0.25, 0.3) is 0 Å².